The molecule has 0 bridgehead atoms. The van der Waals surface area contributed by atoms with Crippen LogP contribution >= 0.6 is 0 Å². The Morgan fingerprint density at radius 1 is 1.35 bits per heavy atom. The topological polar surface area (TPSA) is 59.6 Å². The van der Waals surface area contributed by atoms with Crippen LogP contribution in [0.25, 0.3) is 0 Å². The molecule has 110 valence electrons. The van der Waals surface area contributed by atoms with Crippen molar-refractivity contribution < 1.29 is 18.7 Å². The van der Waals surface area contributed by atoms with Gasteiger partial charge in [0.2, 0.25) is 5.91 Å². The number of carbonyl (C=O) groups is 1. The van der Waals surface area contributed by atoms with E-state index in [-0.39, 0.29) is 17.5 Å². The molecule has 1 amide bonds. The number of benzene rings is 1. The van der Waals surface area contributed by atoms with Crippen LogP contribution in [0.15, 0.2) is 12.1 Å². The average Bonchev–Trinajstić information content (AvgIpc) is 2.38. The van der Waals surface area contributed by atoms with Gasteiger partial charge in [0.15, 0.2) is 17.3 Å². The van der Waals surface area contributed by atoms with Gasteiger partial charge in [-0.05, 0) is 19.0 Å². The van der Waals surface area contributed by atoms with Gasteiger partial charge in [-0.15, -0.1) is 0 Å². The molecule has 1 saturated heterocycles. The fourth-order valence-electron chi connectivity index (χ4n) is 2.08. The number of halogens is 1. The van der Waals surface area contributed by atoms with E-state index in [2.05, 4.69) is 10.6 Å². The van der Waals surface area contributed by atoms with Crippen molar-refractivity contribution in [1.82, 2.24) is 5.32 Å². The number of methoxy groups -OCH3 is 2. The van der Waals surface area contributed by atoms with Gasteiger partial charge in [0.1, 0.15) is 0 Å². The van der Waals surface area contributed by atoms with Gasteiger partial charge in [-0.2, -0.15) is 0 Å². The second-order valence-corrected chi connectivity index (χ2v) is 4.88. The zero-order valence-corrected chi connectivity index (χ0v) is 11.8. The highest BCUT2D eigenvalue weighted by Crippen LogP contribution is 2.32. The Balaban J connectivity index is 2.13. The number of hydrogen-bond acceptors (Lipinski definition) is 4. The summed E-state index contributed by atoms with van der Waals surface area (Å²) in [5.74, 6) is 0.0703. The number of rotatable bonds is 5. The van der Waals surface area contributed by atoms with E-state index in [1.807, 2.05) is 6.92 Å². The third-order valence-corrected chi connectivity index (χ3v) is 3.66. The summed E-state index contributed by atoms with van der Waals surface area (Å²) in [7, 11) is 2.89. The molecule has 0 aromatic heterocycles. The van der Waals surface area contributed by atoms with E-state index in [4.69, 9.17) is 9.47 Å². The Bertz CT molecular complexity index is 503. The lowest BCUT2D eigenvalue weighted by atomic mass is 9.88. The molecule has 2 N–H and O–H groups in total. The summed E-state index contributed by atoms with van der Waals surface area (Å²) < 4.78 is 24.0. The lowest BCUT2D eigenvalue weighted by Gasteiger charge is -2.31. The molecule has 1 heterocycles. The van der Waals surface area contributed by atoms with Crippen LogP contribution in [0, 0.1) is 17.7 Å². The number of nitrogens with one attached hydrogen (secondary N) is 2. The zero-order valence-electron chi connectivity index (χ0n) is 11.8. The summed E-state index contributed by atoms with van der Waals surface area (Å²) in [6.07, 6.45) is 0. The molecule has 6 heteroatoms. The van der Waals surface area contributed by atoms with Crippen molar-refractivity contribution in [1.29, 1.82) is 0 Å². The van der Waals surface area contributed by atoms with Gasteiger partial charge in [-0.3, -0.25) is 4.79 Å². The van der Waals surface area contributed by atoms with Crippen molar-refractivity contribution in [2.24, 2.45) is 11.8 Å². The lowest BCUT2D eigenvalue weighted by molar-refractivity contribution is -0.121. The first kappa shape index (κ1) is 14.6. The van der Waals surface area contributed by atoms with Crippen molar-refractivity contribution in [3.63, 3.8) is 0 Å². The van der Waals surface area contributed by atoms with Gasteiger partial charge in [0.05, 0.1) is 19.9 Å². The van der Waals surface area contributed by atoms with Gasteiger partial charge in [0.25, 0.3) is 0 Å². The normalized spacial score (nSPS) is 16.2. The molecule has 0 radical (unpaired) electrons. The number of anilines is 1. The molecule has 20 heavy (non-hydrogen) atoms. The highest BCUT2D eigenvalue weighted by Gasteiger charge is 2.29. The van der Waals surface area contributed by atoms with Gasteiger partial charge in [0, 0.05) is 18.1 Å². The molecule has 1 aliphatic rings. The second-order valence-electron chi connectivity index (χ2n) is 4.88. The predicted octanol–water partition coefficient (Wildman–Crippen LogP) is 1.64. The number of hydrogen-bond donors (Lipinski definition) is 2. The molecule has 1 aliphatic heterocycles. The van der Waals surface area contributed by atoms with E-state index in [9.17, 15) is 9.18 Å². The Morgan fingerprint density at radius 2 is 1.95 bits per heavy atom. The molecular weight excluding hydrogens is 263 g/mol. The molecule has 0 saturated carbocycles. The fraction of sp³-hybridized carbons (Fsp3) is 0.500. The summed E-state index contributed by atoms with van der Waals surface area (Å²) in [6, 6.07) is 2.63. The smallest absolute Gasteiger partial charge is 0.227 e. The van der Waals surface area contributed by atoms with Crippen LogP contribution in [0.1, 0.15) is 6.92 Å². The van der Waals surface area contributed by atoms with E-state index >= 15 is 0 Å². The van der Waals surface area contributed by atoms with Crippen molar-refractivity contribution >= 4 is 11.6 Å². The number of ether oxygens (including phenoxy) is 2. The van der Waals surface area contributed by atoms with E-state index in [0.29, 0.717) is 17.4 Å². The second kappa shape index (κ2) is 6.09. The maximum Gasteiger partial charge on any atom is 0.227 e. The maximum absolute atomic E-state index is 13.9. The Kier molecular flexibility index (Phi) is 4.44. The van der Waals surface area contributed by atoms with Crippen LogP contribution in [-0.2, 0) is 4.79 Å². The van der Waals surface area contributed by atoms with Gasteiger partial charge in [-0.25, -0.2) is 4.39 Å². The highest BCUT2D eigenvalue weighted by atomic mass is 19.1. The minimum Gasteiger partial charge on any atom is -0.493 e. The number of amides is 1. The van der Waals surface area contributed by atoms with Crippen LogP contribution in [0.5, 0.6) is 11.5 Å². The van der Waals surface area contributed by atoms with Crippen molar-refractivity contribution in [2.45, 2.75) is 6.92 Å². The van der Waals surface area contributed by atoms with Crippen LogP contribution < -0.4 is 20.1 Å². The van der Waals surface area contributed by atoms with Crippen LogP contribution in [0.3, 0.4) is 0 Å². The largest absolute Gasteiger partial charge is 0.493 e. The maximum atomic E-state index is 13.9. The predicted molar refractivity (Wildman–Crippen MR) is 73.7 cm³/mol. The van der Waals surface area contributed by atoms with E-state index in [1.54, 1.807) is 0 Å². The summed E-state index contributed by atoms with van der Waals surface area (Å²) in [5, 5.41) is 5.72. The summed E-state index contributed by atoms with van der Waals surface area (Å²) >= 11 is 0. The lowest BCUT2D eigenvalue weighted by Crippen LogP contribution is -2.48. The molecule has 0 spiro atoms. The third-order valence-electron chi connectivity index (χ3n) is 3.66. The summed E-state index contributed by atoms with van der Waals surface area (Å²) in [5.41, 5.74) is 0.104. The van der Waals surface area contributed by atoms with Crippen LogP contribution in [-0.4, -0.2) is 33.2 Å². The Morgan fingerprint density at radius 3 is 2.45 bits per heavy atom. The molecule has 1 atom stereocenters. The molecule has 1 aromatic carbocycles. The van der Waals surface area contributed by atoms with E-state index in [0.717, 1.165) is 13.1 Å². The average molecular weight is 282 g/mol. The van der Waals surface area contributed by atoms with E-state index < -0.39 is 5.82 Å². The first-order chi connectivity index (χ1) is 9.56. The van der Waals surface area contributed by atoms with Gasteiger partial charge in [-0.1, -0.05) is 6.92 Å². The summed E-state index contributed by atoms with van der Waals surface area (Å²) in [4.78, 5) is 12.1. The van der Waals surface area contributed by atoms with Gasteiger partial charge >= 0.3 is 0 Å². The quantitative estimate of drug-likeness (QED) is 0.862. The molecular formula is C14H19FN2O3. The fourth-order valence-corrected chi connectivity index (χ4v) is 2.08. The molecule has 1 unspecified atom stereocenters. The molecule has 5 nitrogen and oxygen atoms in total. The Hall–Kier alpha value is -1.82. The van der Waals surface area contributed by atoms with Gasteiger partial charge < -0.3 is 20.1 Å². The van der Waals surface area contributed by atoms with Crippen molar-refractivity contribution in [2.75, 3.05) is 32.6 Å². The molecule has 2 rings (SSSR count). The Labute approximate surface area is 117 Å². The van der Waals surface area contributed by atoms with Crippen LogP contribution in [0.4, 0.5) is 10.1 Å². The summed E-state index contributed by atoms with van der Waals surface area (Å²) in [6.45, 7) is 3.49. The molecule has 1 fully saturated rings. The standard InChI is InChI=1S/C14H19FN2O3/c1-8(9-6-16-7-9)14(18)17-11-5-13(20-3)12(19-2)4-10(11)15/h4-5,8-9,16H,6-7H2,1-3H3,(H,17,18). The SMILES string of the molecule is COc1cc(F)c(NC(=O)C(C)C2CNC2)cc1OC. The molecule has 1 aromatic rings. The number of carbonyl (C=O) groups excluding carboxylic acids is 1. The molecule has 0 aliphatic carbocycles. The van der Waals surface area contributed by atoms with E-state index in [1.165, 1.54) is 26.4 Å². The highest BCUT2D eigenvalue weighted by molar-refractivity contribution is 5.93. The zero-order chi connectivity index (χ0) is 14.7. The monoisotopic (exact) mass is 282 g/mol. The first-order valence-electron chi connectivity index (χ1n) is 6.50. The third kappa shape index (κ3) is 2.85. The van der Waals surface area contributed by atoms with Crippen molar-refractivity contribution in [3.8, 4) is 11.5 Å². The minimum atomic E-state index is -0.546. The van der Waals surface area contributed by atoms with Crippen LogP contribution in [0.2, 0.25) is 0 Å². The van der Waals surface area contributed by atoms with Crippen molar-refractivity contribution in [3.05, 3.63) is 17.9 Å². The minimum absolute atomic E-state index is 0.104. The first-order valence-corrected chi connectivity index (χ1v) is 6.50.